The number of pyridine rings is 1. The summed E-state index contributed by atoms with van der Waals surface area (Å²) in [5.74, 6) is 1.67. The third-order valence-electron chi connectivity index (χ3n) is 4.40. The standard InChI is InChI=1S/C18H20N4O3/c1-2-14-3-4-16(25-14)15-12-24-10-9-22(15)18(23)20-13-5-7-21-8-6-19-17(21)11-13/h3-8,11,15H,2,9-10,12H2,1H3,(H,20,23). The lowest BCUT2D eigenvalue weighted by Crippen LogP contribution is -2.45. The molecule has 2 amide bonds. The predicted octanol–water partition coefficient (Wildman–Crippen LogP) is 3.10. The van der Waals surface area contributed by atoms with Crippen LogP contribution in [0.15, 0.2) is 47.3 Å². The van der Waals surface area contributed by atoms with Gasteiger partial charge in [-0.25, -0.2) is 9.78 Å². The van der Waals surface area contributed by atoms with Crippen LogP contribution < -0.4 is 5.32 Å². The Kier molecular flexibility index (Phi) is 4.15. The van der Waals surface area contributed by atoms with Crippen molar-refractivity contribution < 1.29 is 13.9 Å². The maximum atomic E-state index is 12.8. The van der Waals surface area contributed by atoms with E-state index < -0.39 is 0 Å². The van der Waals surface area contributed by atoms with Crippen molar-refractivity contribution in [3.63, 3.8) is 0 Å². The highest BCUT2D eigenvalue weighted by molar-refractivity contribution is 5.90. The quantitative estimate of drug-likeness (QED) is 0.795. The fourth-order valence-electron chi connectivity index (χ4n) is 3.03. The molecule has 1 fully saturated rings. The van der Waals surface area contributed by atoms with Gasteiger partial charge in [0.05, 0.1) is 13.2 Å². The first-order valence-corrected chi connectivity index (χ1v) is 8.41. The van der Waals surface area contributed by atoms with Crippen LogP contribution in [0.25, 0.3) is 5.65 Å². The smallest absolute Gasteiger partial charge is 0.322 e. The van der Waals surface area contributed by atoms with E-state index in [0.717, 1.165) is 23.6 Å². The summed E-state index contributed by atoms with van der Waals surface area (Å²) in [6.07, 6.45) is 6.28. The average Bonchev–Trinajstić information content (AvgIpc) is 3.30. The number of nitrogens with zero attached hydrogens (tertiary/aromatic N) is 3. The topological polar surface area (TPSA) is 72.0 Å². The summed E-state index contributed by atoms with van der Waals surface area (Å²) in [5, 5.41) is 2.95. The number of fused-ring (bicyclic) bond motifs is 1. The number of anilines is 1. The lowest BCUT2D eigenvalue weighted by atomic mass is 10.2. The van der Waals surface area contributed by atoms with Gasteiger partial charge in [0.15, 0.2) is 0 Å². The maximum absolute atomic E-state index is 12.8. The first kappa shape index (κ1) is 15.7. The van der Waals surface area contributed by atoms with Crippen LogP contribution in [0.5, 0.6) is 0 Å². The van der Waals surface area contributed by atoms with Crippen LogP contribution >= 0.6 is 0 Å². The van der Waals surface area contributed by atoms with E-state index in [4.69, 9.17) is 9.15 Å². The van der Waals surface area contributed by atoms with Crippen molar-refractivity contribution in [3.8, 4) is 0 Å². The SMILES string of the molecule is CCc1ccc(C2COCCN2C(=O)Nc2ccn3ccnc3c2)o1. The number of ether oxygens (including phenoxy) is 1. The van der Waals surface area contributed by atoms with Gasteiger partial charge in [-0.05, 0) is 18.2 Å². The molecule has 0 spiro atoms. The van der Waals surface area contributed by atoms with Crippen molar-refractivity contribution in [2.75, 3.05) is 25.1 Å². The number of aryl methyl sites for hydroxylation is 1. The second-order valence-corrected chi connectivity index (χ2v) is 5.98. The van der Waals surface area contributed by atoms with Crippen molar-refractivity contribution in [2.45, 2.75) is 19.4 Å². The normalized spacial score (nSPS) is 17.8. The van der Waals surface area contributed by atoms with Gasteiger partial charge >= 0.3 is 6.03 Å². The molecule has 25 heavy (non-hydrogen) atoms. The summed E-state index contributed by atoms with van der Waals surface area (Å²) in [4.78, 5) is 18.8. The molecule has 130 valence electrons. The number of amides is 2. The summed E-state index contributed by atoms with van der Waals surface area (Å²) < 4.78 is 13.3. The van der Waals surface area contributed by atoms with E-state index in [1.807, 2.05) is 48.0 Å². The number of hydrogen-bond donors (Lipinski definition) is 1. The molecule has 1 aliphatic rings. The van der Waals surface area contributed by atoms with E-state index >= 15 is 0 Å². The van der Waals surface area contributed by atoms with Crippen LogP contribution in [-0.2, 0) is 11.2 Å². The Labute approximate surface area is 145 Å². The van der Waals surface area contributed by atoms with Crippen molar-refractivity contribution in [3.05, 3.63) is 54.4 Å². The summed E-state index contributed by atoms with van der Waals surface area (Å²) in [5.41, 5.74) is 1.50. The molecule has 0 bridgehead atoms. The van der Waals surface area contributed by atoms with Gasteiger partial charge in [-0.3, -0.25) is 0 Å². The number of imidazole rings is 1. The fraction of sp³-hybridized carbons (Fsp3) is 0.333. The Morgan fingerprint density at radius 2 is 2.28 bits per heavy atom. The van der Waals surface area contributed by atoms with Crippen LogP contribution in [0, 0.1) is 0 Å². The minimum atomic E-state index is -0.218. The molecule has 0 radical (unpaired) electrons. The van der Waals surface area contributed by atoms with E-state index in [1.165, 1.54) is 0 Å². The molecule has 1 atom stereocenters. The molecule has 0 aliphatic carbocycles. The van der Waals surface area contributed by atoms with Gasteiger partial charge < -0.3 is 23.8 Å². The molecule has 4 heterocycles. The van der Waals surface area contributed by atoms with Crippen molar-refractivity contribution in [2.24, 2.45) is 0 Å². The number of morpholine rings is 1. The number of nitrogens with one attached hydrogen (secondary N) is 1. The molecule has 3 aromatic heterocycles. The summed E-state index contributed by atoms with van der Waals surface area (Å²) in [6, 6.07) is 7.18. The zero-order valence-electron chi connectivity index (χ0n) is 14.0. The van der Waals surface area contributed by atoms with E-state index in [9.17, 15) is 4.79 Å². The lowest BCUT2D eigenvalue weighted by Gasteiger charge is -2.34. The van der Waals surface area contributed by atoms with E-state index in [1.54, 1.807) is 11.1 Å². The predicted molar refractivity (Wildman–Crippen MR) is 92.6 cm³/mol. The molecular weight excluding hydrogens is 320 g/mol. The van der Waals surface area contributed by atoms with Gasteiger partial charge in [0.1, 0.15) is 23.2 Å². The Morgan fingerprint density at radius 3 is 3.12 bits per heavy atom. The average molecular weight is 340 g/mol. The second kappa shape index (κ2) is 6.60. The Morgan fingerprint density at radius 1 is 1.36 bits per heavy atom. The zero-order valence-corrected chi connectivity index (χ0v) is 14.0. The molecule has 1 N–H and O–H groups in total. The van der Waals surface area contributed by atoms with E-state index in [-0.39, 0.29) is 12.1 Å². The summed E-state index contributed by atoms with van der Waals surface area (Å²) in [7, 11) is 0. The largest absolute Gasteiger partial charge is 0.464 e. The minimum Gasteiger partial charge on any atom is -0.464 e. The van der Waals surface area contributed by atoms with E-state index in [0.29, 0.717) is 25.4 Å². The monoisotopic (exact) mass is 340 g/mol. The van der Waals surface area contributed by atoms with Crippen LogP contribution in [-0.4, -0.2) is 40.1 Å². The lowest BCUT2D eigenvalue weighted by molar-refractivity contribution is 0.00702. The number of rotatable bonds is 3. The molecule has 0 aromatic carbocycles. The van der Waals surface area contributed by atoms with Crippen LogP contribution in [0.1, 0.15) is 24.5 Å². The third kappa shape index (κ3) is 3.10. The van der Waals surface area contributed by atoms with Crippen LogP contribution in [0.2, 0.25) is 0 Å². The number of carbonyl (C=O) groups excluding carboxylic acids is 1. The summed E-state index contributed by atoms with van der Waals surface area (Å²) in [6.45, 7) is 3.51. The number of urea groups is 1. The van der Waals surface area contributed by atoms with Crippen LogP contribution in [0.4, 0.5) is 10.5 Å². The van der Waals surface area contributed by atoms with Gasteiger partial charge in [0, 0.05) is 43.3 Å². The summed E-state index contributed by atoms with van der Waals surface area (Å²) >= 11 is 0. The van der Waals surface area contributed by atoms with Gasteiger partial charge in [-0.2, -0.15) is 0 Å². The highest BCUT2D eigenvalue weighted by Gasteiger charge is 2.31. The Hall–Kier alpha value is -2.80. The maximum Gasteiger partial charge on any atom is 0.322 e. The molecule has 3 aromatic rings. The number of hydrogen-bond acceptors (Lipinski definition) is 4. The zero-order chi connectivity index (χ0) is 17.2. The molecule has 7 nitrogen and oxygen atoms in total. The van der Waals surface area contributed by atoms with Crippen molar-refractivity contribution >= 4 is 17.4 Å². The molecule has 1 aliphatic heterocycles. The van der Waals surface area contributed by atoms with Gasteiger partial charge in [-0.1, -0.05) is 6.92 Å². The molecule has 1 saturated heterocycles. The van der Waals surface area contributed by atoms with Crippen molar-refractivity contribution in [1.29, 1.82) is 0 Å². The molecule has 7 heteroatoms. The molecule has 4 rings (SSSR count). The van der Waals surface area contributed by atoms with Gasteiger partial charge in [0.25, 0.3) is 0 Å². The van der Waals surface area contributed by atoms with Gasteiger partial charge in [-0.15, -0.1) is 0 Å². The first-order valence-electron chi connectivity index (χ1n) is 8.41. The Bertz CT molecular complexity index is 885. The van der Waals surface area contributed by atoms with E-state index in [2.05, 4.69) is 10.3 Å². The first-order chi connectivity index (χ1) is 12.2. The number of carbonyl (C=O) groups is 1. The molecule has 0 saturated carbocycles. The number of furan rings is 1. The number of aromatic nitrogens is 2. The minimum absolute atomic E-state index is 0.168. The fourth-order valence-corrected chi connectivity index (χ4v) is 3.03. The highest BCUT2D eigenvalue weighted by Crippen LogP contribution is 2.27. The molecular formula is C18H20N4O3. The van der Waals surface area contributed by atoms with Crippen LogP contribution in [0.3, 0.4) is 0 Å². The van der Waals surface area contributed by atoms with Gasteiger partial charge in [0.2, 0.25) is 0 Å². The third-order valence-corrected chi connectivity index (χ3v) is 4.40. The van der Waals surface area contributed by atoms with Crippen molar-refractivity contribution in [1.82, 2.24) is 14.3 Å². The second-order valence-electron chi connectivity index (χ2n) is 5.98. The molecule has 1 unspecified atom stereocenters. The highest BCUT2D eigenvalue weighted by atomic mass is 16.5. The Balaban J connectivity index is 1.53.